The first-order valence-corrected chi connectivity index (χ1v) is 9.15. The van der Waals surface area contributed by atoms with Crippen LogP contribution in [0, 0.1) is 5.41 Å². The van der Waals surface area contributed by atoms with Gasteiger partial charge in [-0.05, 0) is 45.8 Å². The number of unbranched alkanes of at least 4 members (excludes halogenated alkanes) is 1. The van der Waals surface area contributed by atoms with Crippen LogP contribution in [0.1, 0.15) is 53.9 Å². The van der Waals surface area contributed by atoms with E-state index < -0.39 is 11.4 Å². The van der Waals surface area contributed by atoms with Gasteiger partial charge in [-0.2, -0.15) is 0 Å². The van der Waals surface area contributed by atoms with Crippen LogP contribution in [0.4, 0.5) is 0 Å². The van der Waals surface area contributed by atoms with Gasteiger partial charge in [0.2, 0.25) is 0 Å². The molecule has 0 saturated heterocycles. The van der Waals surface area contributed by atoms with E-state index >= 15 is 0 Å². The molecular weight excluding hydrogens is 348 g/mol. The molecule has 0 aromatic heterocycles. The predicted molar refractivity (Wildman–Crippen MR) is 104 cm³/mol. The highest BCUT2D eigenvalue weighted by Gasteiger charge is 2.23. The van der Waals surface area contributed by atoms with Crippen molar-refractivity contribution in [3.05, 3.63) is 29.0 Å². The Morgan fingerprint density at radius 3 is 2.33 bits per heavy atom. The summed E-state index contributed by atoms with van der Waals surface area (Å²) in [4.78, 5) is 23.4. The summed E-state index contributed by atoms with van der Waals surface area (Å²) >= 11 is 0. The van der Waals surface area contributed by atoms with E-state index in [0.717, 1.165) is 24.8 Å². The molecule has 0 amide bonds. The van der Waals surface area contributed by atoms with Crippen LogP contribution in [0.2, 0.25) is 0 Å². The molecule has 0 aliphatic rings. The molecule has 0 aliphatic heterocycles. The molecule has 0 saturated carbocycles. The molecule has 27 heavy (non-hydrogen) atoms. The Morgan fingerprint density at radius 2 is 1.81 bits per heavy atom. The fourth-order valence-electron chi connectivity index (χ4n) is 2.02. The van der Waals surface area contributed by atoms with Crippen molar-refractivity contribution in [2.24, 2.45) is 5.41 Å². The second kappa shape index (κ2) is 13.3. The molecular formula is C21H34O6. The van der Waals surface area contributed by atoms with Gasteiger partial charge in [0.25, 0.3) is 0 Å². The van der Waals surface area contributed by atoms with Gasteiger partial charge >= 0.3 is 11.9 Å². The third-order valence-electron chi connectivity index (χ3n) is 3.64. The highest BCUT2D eigenvalue weighted by molar-refractivity contribution is 5.82. The predicted octanol–water partition coefficient (Wildman–Crippen LogP) is 3.96. The van der Waals surface area contributed by atoms with Crippen LogP contribution in [0.3, 0.4) is 0 Å². The van der Waals surface area contributed by atoms with Crippen molar-refractivity contribution < 1.29 is 28.5 Å². The van der Waals surface area contributed by atoms with E-state index in [-0.39, 0.29) is 25.5 Å². The number of hydrogen-bond donors (Lipinski definition) is 0. The molecule has 0 aliphatic carbocycles. The van der Waals surface area contributed by atoms with Crippen LogP contribution in [0.15, 0.2) is 29.0 Å². The van der Waals surface area contributed by atoms with Crippen molar-refractivity contribution in [3.63, 3.8) is 0 Å². The highest BCUT2D eigenvalue weighted by atomic mass is 16.7. The van der Waals surface area contributed by atoms with Crippen molar-refractivity contribution in [1.82, 2.24) is 0 Å². The number of carbonyl (C=O) groups excluding carboxylic acids is 2. The van der Waals surface area contributed by atoms with Crippen molar-refractivity contribution in [2.75, 3.05) is 27.6 Å². The monoisotopic (exact) mass is 382 g/mol. The molecule has 0 heterocycles. The maximum absolute atomic E-state index is 12.0. The maximum Gasteiger partial charge on any atom is 0.330 e. The molecule has 1 atom stereocenters. The average Bonchev–Trinajstić information content (AvgIpc) is 2.62. The average molecular weight is 382 g/mol. The quantitative estimate of drug-likeness (QED) is 0.177. The van der Waals surface area contributed by atoms with Crippen molar-refractivity contribution in [1.29, 1.82) is 0 Å². The van der Waals surface area contributed by atoms with Crippen LogP contribution in [0.5, 0.6) is 0 Å². The van der Waals surface area contributed by atoms with Crippen LogP contribution in [-0.2, 0) is 28.5 Å². The Kier molecular flexibility index (Phi) is 12.4. The largest absolute Gasteiger partial charge is 0.466 e. The maximum atomic E-state index is 12.0. The van der Waals surface area contributed by atoms with E-state index in [4.69, 9.17) is 14.2 Å². The van der Waals surface area contributed by atoms with Gasteiger partial charge in [0.1, 0.15) is 13.4 Å². The molecule has 0 radical (unpaired) electrons. The van der Waals surface area contributed by atoms with Gasteiger partial charge in [-0.1, -0.05) is 19.8 Å². The van der Waals surface area contributed by atoms with Gasteiger partial charge in [-0.25, -0.2) is 4.79 Å². The fraction of sp³-hybridized carbons (Fsp3) is 0.667. The fourth-order valence-corrected chi connectivity index (χ4v) is 2.02. The number of ether oxygens (including phenoxy) is 4. The van der Waals surface area contributed by atoms with Gasteiger partial charge in [0.05, 0.1) is 18.6 Å². The van der Waals surface area contributed by atoms with Gasteiger partial charge in [0.15, 0.2) is 0 Å². The molecule has 0 aromatic rings. The van der Waals surface area contributed by atoms with Gasteiger partial charge in [-0.15, -0.1) is 5.73 Å². The minimum atomic E-state index is -0.610. The standard InChI is InChI=1S/C21H34O6/c1-8-9-10-18(27-15-24-6)16(2)13-17(11-12-19(22)25-7)14-26-20(23)21(3,4)5/h11-12,18H,8-10,14-15H2,1-7H3/b12-11+/t13?,18-/m1/s1. The lowest BCUT2D eigenvalue weighted by molar-refractivity contribution is -0.151. The molecule has 154 valence electrons. The van der Waals surface area contributed by atoms with E-state index in [1.165, 1.54) is 13.2 Å². The number of methoxy groups -OCH3 is 2. The summed E-state index contributed by atoms with van der Waals surface area (Å²) in [5.74, 6) is -0.823. The number of hydrogen-bond acceptors (Lipinski definition) is 6. The second-order valence-electron chi connectivity index (χ2n) is 7.22. The lowest BCUT2D eigenvalue weighted by Gasteiger charge is -2.18. The van der Waals surface area contributed by atoms with E-state index in [9.17, 15) is 9.59 Å². The summed E-state index contributed by atoms with van der Waals surface area (Å²) in [5.41, 5.74) is 3.99. The van der Waals surface area contributed by atoms with E-state index in [2.05, 4.69) is 17.4 Å². The normalized spacial score (nSPS) is 12.4. The summed E-state index contributed by atoms with van der Waals surface area (Å²) in [6, 6.07) is 0. The Morgan fingerprint density at radius 1 is 1.15 bits per heavy atom. The first-order valence-electron chi connectivity index (χ1n) is 9.15. The summed E-state index contributed by atoms with van der Waals surface area (Å²) in [6.07, 6.45) is 5.52. The molecule has 0 rings (SSSR count). The lowest BCUT2D eigenvalue weighted by Crippen LogP contribution is -2.23. The number of carbonyl (C=O) groups is 2. The zero-order chi connectivity index (χ0) is 20.9. The summed E-state index contributed by atoms with van der Waals surface area (Å²) in [5, 5.41) is 0. The zero-order valence-corrected chi connectivity index (χ0v) is 17.7. The summed E-state index contributed by atoms with van der Waals surface area (Å²) < 4.78 is 20.7. The summed E-state index contributed by atoms with van der Waals surface area (Å²) in [6.45, 7) is 9.54. The van der Waals surface area contributed by atoms with Crippen LogP contribution < -0.4 is 0 Å². The minimum absolute atomic E-state index is 0.00567. The Hall–Kier alpha value is -1.88. The van der Waals surface area contributed by atoms with Gasteiger partial charge in [-0.3, -0.25) is 4.79 Å². The Bertz CT molecular complexity index is 554. The van der Waals surface area contributed by atoms with Gasteiger partial charge in [0, 0.05) is 18.8 Å². The van der Waals surface area contributed by atoms with E-state index in [1.54, 1.807) is 34.0 Å². The Labute approximate surface area is 163 Å². The smallest absolute Gasteiger partial charge is 0.330 e. The van der Waals surface area contributed by atoms with Gasteiger partial charge < -0.3 is 18.9 Å². The third-order valence-corrected chi connectivity index (χ3v) is 3.64. The second-order valence-corrected chi connectivity index (χ2v) is 7.22. The first kappa shape index (κ1) is 25.1. The molecule has 0 unspecified atom stereocenters. The highest BCUT2D eigenvalue weighted by Crippen LogP contribution is 2.17. The van der Waals surface area contributed by atoms with Crippen molar-refractivity contribution in [2.45, 2.75) is 60.0 Å². The van der Waals surface area contributed by atoms with E-state index in [0.29, 0.717) is 5.57 Å². The first-order chi connectivity index (χ1) is 12.6. The Balaban J connectivity index is 5.59. The van der Waals surface area contributed by atoms with E-state index in [1.807, 2.05) is 6.92 Å². The zero-order valence-electron chi connectivity index (χ0n) is 17.7. The van der Waals surface area contributed by atoms with Crippen LogP contribution in [0.25, 0.3) is 0 Å². The SMILES string of the molecule is CCCC[C@@H](OCOC)C(C)=C=C(/C=C/C(=O)OC)COC(=O)C(C)(C)C. The lowest BCUT2D eigenvalue weighted by atomic mass is 9.97. The summed E-state index contributed by atoms with van der Waals surface area (Å²) in [7, 11) is 2.87. The molecule has 0 bridgehead atoms. The topological polar surface area (TPSA) is 71.1 Å². The molecule has 0 N–H and O–H groups in total. The minimum Gasteiger partial charge on any atom is -0.466 e. The van der Waals surface area contributed by atoms with Crippen LogP contribution >= 0.6 is 0 Å². The molecule has 0 spiro atoms. The molecule has 0 aromatic carbocycles. The van der Waals surface area contributed by atoms with Crippen molar-refractivity contribution >= 4 is 11.9 Å². The number of rotatable bonds is 11. The molecule has 6 heteroatoms. The molecule has 0 fully saturated rings. The molecule has 6 nitrogen and oxygen atoms in total. The third kappa shape index (κ3) is 11.4. The van der Waals surface area contributed by atoms with Crippen molar-refractivity contribution in [3.8, 4) is 0 Å². The number of esters is 2. The van der Waals surface area contributed by atoms with Crippen LogP contribution in [-0.4, -0.2) is 45.7 Å².